The van der Waals surface area contributed by atoms with Gasteiger partial charge in [0.2, 0.25) is 0 Å². The molecule has 0 radical (unpaired) electrons. The van der Waals surface area contributed by atoms with Gasteiger partial charge in [-0.25, -0.2) is 0 Å². The van der Waals surface area contributed by atoms with Crippen LogP contribution in [0, 0.1) is 12.3 Å². The maximum absolute atomic E-state index is 7.42. The summed E-state index contributed by atoms with van der Waals surface area (Å²) in [4.78, 5) is 0. The molecule has 20 heavy (non-hydrogen) atoms. The van der Waals surface area contributed by atoms with E-state index in [1.54, 1.807) is 7.11 Å². The SMILES string of the molecule is COc1cccc(OCc2ccc(C(=N)N)cc2C)c1. The molecule has 0 bridgehead atoms. The molecule has 3 N–H and O–H groups in total. The van der Waals surface area contributed by atoms with Gasteiger partial charge in [0.25, 0.3) is 0 Å². The van der Waals surface area contributed by atoms with Crippen molar-refractivity contribution in [3.05, 3.63) is 59.2 Å². The Morgan fingerprint density at radius 1 is 1.15 bits per heavy atom. The summed E-state index contributed by atoms with van der Waals surface area (Å²) in [6, 6.07) is 13.2. The topological polar surface area (TPSA) is 68.3 Å². The van der Waals surface area contributed by atoms with Crippen molar-refractivity contribution >= 4 is 5.84 Å². The Hall–Kier alpha value is -2.49. The molecule has 0 amide bonds. The number of nitrogens with one attached hydrogen (secondary N) is 1. The third-order valence-electron chi connectivity index (χ3n) is 3.09. The number of nitrogen functional groups attached to an aromatic ring is 1. The summed E-state index contributed by atoms with van der Waals surface area (Å²) < 4.78 is 10.9. The number of aryl methyl sites for hydroxylation is 1. The van der Waals surface area contributed by atoms with Crippen LogP contribution in [0.1, 0.15) is 16.7 Å². The second-order valence-electron chi connectivity index (χ2n) is 4.52. The molecule has 0 aliphatic rings. The number of amidine groups is 1. The fourth-order valence-corrected chi connectivity index (χ4v) is 1.88. The second-order valence-corrected chi connectivity index (χ2v) is 4.52. The highest BCUT2D eigenvalue weighted by molar-refractivity contribution is 5.95. The summed E-state index contributed by atoms with van der Waals surface area (Å²) in [5, 5.41) is 7.42. The van der Waals surface area contributed by atoms with Crippen LogP contribution >= 0.6 is 0 Å². The van der Waals surface area contributed by atoms with Crippen molar-refractivity contribution in [1.29, 1.82) is 5.41 Å². The smallest absolute Gasteiger partial charge is 0.123 e. The van der Waals surface area contributed by atoms with Crippen LogP contribution in [0.25, 0.3) is 0 Å². The molecule has 4 nitrogen and oxygen atoms in total. The lowest BCUT2D eigenvalue weighted by molar-refractivity contribution is 0.303. The van der Waals surface area contributed by atoms with Crippen molar-refractivity contribution in [3.63, 3.8) is 0 Å². The lowest BCUT2D eigenvalue weighted by Gasteiger charge is -2.11. The van der Waals surface area contributed by atoms with Gasteiger partial charge in [0, 0.05) is 11.6 Å². The summed E-state index contributed by atoms with van der Waals surface area (Å²) in [6.07, 6.45) is 0. The number of benzene rings is 2. The van der Waals surface area contributed by atoms with Crippen molar-refractivity contribution in [2.24, 2.45) is 5.73 Å². The summed E-state index contributed by atoms with van der Waals surface area (Å²) in [6.45, 7) is 2.45. The highest BCUT2D eigenvalue weighted by Crippen LogP contribution is 2.21. The number of ether oxygens (including phenoxy) is 2. The van der Waals surface area contributed by atoms with Gasteiger partial charge < -0.3 is 15.2 Å². The van der Waals surface area contributed by atoms with E-state index in [2.05, 4.69) is 0 Å². The molecule has 0 unspecified atom stereocenters. The van der Waals surface area contributed by atoms with E-state index < -0.39 is 0 Å². The number of methoxy groups -OCH3 is 1. The molecule has 0 atom stereocenters. The largest absolute Gasteiger partial charge is 0.497 e. The molecular weight excluding hydrogens is 252 g/mol. The molecule has 0 fully saturated rings. The molecule has 104 valence electrons. The van der Waals surface area contributed by atoms with E-state index in [9.17, 15) is 0 Å². The highest BCUT2D eigenvalue weighted by Gasteiger charge is 2.04. The first-order valence-corrected chi connectivity index (χ1v) is 6.31. The Bertz CT molecular complexity index is 624. The molecule has 0 saturated carbocycles. The fourth-order valence-electron chi connectivity index (χ4n) is 1.88. The Kier molecular flexibility index (Phi) is 4.25. The normalized spacial score (nSPS) is 10.1. The molecule has 2 rings (SSSR count). The van der Waals surface area contributed by atoms with E-state index >= 15 is 0 Å². The van der Waals surface area contributed by atoms with Crippen LogP contribution < -0.4 is 15.2 Å². The summed E-state index contributed by atoms with van der Waals surface area (Å²) in [5.74, 6) is 1.61. The first-order valence-electron chi connectivity index (χ1n) is 6.31. The van der Waals surface area contributed by atoms with Crippen molar-refractivity contribution in [1.82, 2.24) is 0 Å². The first-order chi connectivity index (χ1) is 9.60. The molecule has 2 aromatic carbocycles. The minimum absolute atomic E-state index is 0.0772. The van der Waals surface area contributed by atoms with Crippen LogP contribution in [-0.4, -0.2) is 12.9 Å². The molecule has 0 aliphatic heterocycles. The quantitative estimate of drug-likeness (QED) is 0.648. The highest BCUT2D eigenvalue weighted by atomic mass is 16.5. The average Bonchev–Trinajstić information content (AvgIpc) is 2.46. The number of nitrogens with two attached hydrogens (primary N) is 1. The molecule has 4 heteroatoms. The zero-order valence-corrected chi connectivity index (χ0v) is 11.6. The average molecular weight is 270 g/mol. The lowest BCUT2D eigenvalue weighted by atomic mass is 10.1. The maximum Gasteiger partial charge on any atom is 0.123 e. The van der Waals surface area contributed by atoms with E-state index in [-0.39, 0.29) is 5.84 Å². The van der Waals surface area contributed by atoms with Gasteiger partial charge >= 0.3 is 0 Å². The van der Waals surface area contributed by atoms with E-state index in [0.717, 1.165) is 28.2 Å². The van der Waals surface area contributed by atoms with Crippen molar-refractivity contribution in [2.75, 3.05) is 7.11 Å². The molecule has 0 heterocycles. The van der Waals surface area contributed by atoms with E-state index in [1.165, 1.54) is 0 Å². The Morgan fingerprint density at radius 2 is 1.90 bits per heavy atom. The number of rotatable bonds is 5. The van der Waals surface area contributed by atoms with Gasteiger partial charge in [0.15, 0.2) is 0 Å². The number of hydrogen-bond acceptors (Lipinski definition) is 3. The van der Waals surface area contributed by atoms with Gasteiger partial charge in [-0.05, 0) is 36.2 Å². The van der Waals surface area contributed by atoms with E-state index in [0.29, 0.717) is 6.61 Å². The summed E-state index contributed by atoms with van der Waals surface area (Å²) in [7, 11) is 1.63. The molecule has 0 saturated heterocycles. The Morgan fingerprint density at radius 3 is 2.55 bits per heavy atom. The third kappa shape index (κ3) is 3.29. The second kappa shape index (κ2) is 6.10. The molecule has 0 aromatic heterocycles. The van der Waals surface area contributed by atoms with Crippen molar-refractivity contribution in [3.8, 4) is 11.5 Å². The predicted molar refractivity (Wildman–Crippen MR) is 79.5 cm³/mol. The summed E-state index contributed by atoms with van der Waals surface area (Å²) >= 11 is 0. The first kappa shape index (κ1) is 13.9. The zero-order chi connectivity index (χ0) is 14.5. The van der Waals surface area contributed by atoms with Crippen LogP contribution in [0.2, 0.25) is 0 Å². The molecule has 0 aliphatic carbocycles. The number of hydrogen-bond donors (Lipinski definition) is 2. The minimum Gasteiger partial charge on any atom is -0.497 e. The van der Waals surface area contributed by atoms with Crippen molar-refractivity contribution < 1.29 is 9.47 Å². The van der Waals surface area contributed by atoms with Gasteiger partial charge in [-0.1, -0.05) is 18.2 Å². The third-order valence-corrected chi connectivity index (χ3v) is 3.09. The fraction of sp³-hybridized carbons (Fsp3) is 0.188. The monoisotopic (exact) mass is 270 g/mol. The van der Waals surface area contributed by atoms with Gasteiger partial charge in [-0.2, -0.15) is 0 Å². The minimum atomic E-state index is 0.0772. The van der Waals surface area contributed by atoms with Gasteiger partial charge in [-0.3, -0.25) is 5.41 Å². The van der Waals surface area contributed by atoms with Crippen molar-refractivity contribution in [2.45, 2.75) is 13.5 Å². The molecule has 2 aromatic rings. The van der Waals surface area contributed by atoms with Crippen LogP contribution in [0.15, 0.2) is 42.5 Å². The standard InChI is InChI=1S/C16H18N2O2/c1-11-8-12(16(17)18)6-7-13(11)10-20-15-5-3-4-14(9-15)19-2/h3-9H,10H2,1-2H3,(H3,17,18). The van der Waals surface area contributed by atoms with Gasteiger partial charge in [-0.15, -0.1) is 0 Å². The van der Waals surface area contributed by atoms with E-state index in [1.807, 2.05) is 49.4 Å². The summed E-state index contributed by atoms with van der Waals surface area (Å²) in [5.41, 5.74) is 8.32. The van der Waals surface area contributed by atoms with Gasteiger partial charge in [0.1, 0.15) is 23.9 Å². The van der Waals surface area contributed by atoms with Crippen LogP contribution in [0.5, 0.6) is 11.5 Å². The van der Waals surface area contributed by atoms with Crippen LogP contribution in [-0.2, 0) is 6.61 Å². The molecular formula is C16H18N2O2. The zero-order valence-electron chi connectivity index (χ0n) is 11.6. The predicted octanol–water partition coefficient (Wildman–Crippen LogP) is 2.87. The van der Waals surface area contributed by atoms with Crippen LogP contribution in [0.3, 0.4) is 0 Å². The molecule has 0 spiro atoms. The maximum atomic E-state index is 7.42. The van der Waals surface area contributed by atoms with E-state index in [4.69, 9.17) is 20.6 Å². The Labute approximate surface area is 118 Å². The van der Waals surface area contributed by atoms with Gasteiger partial charge in [0.05, 0.1) is 7.11 Å². The Balaban J connectivity index is 2.08. The lowest BCUT2D eigenvalue weighted by Crippen LogP contribution is -2.11. The van der Waals surface area contributed by atoms with Crippen LogP contribution in [0.4, 0.5) is 0 Å².